The van der Waals surface area contributed by atoms with Crippen LogP contribution in [0.3, 0.4) is 0 Å². The average Bonchev–Trinajstić information content (AvgIpc) is 2.70. The number of fused-ring (bicyclic) bond motifs is 1. The number of hydrogen-bond acceptors (Lipinski definition) is 6. The van der Waals surface area contributed by atoms with Crippen molar-refractivity contribution in [2.24, 2.45) is 11.7 Å². The predicted octanol–water partition coefficient (Wildman–Crippen LogP) is 1.48. The molecule has 0 unspecified atom stereocenters. The van der Waals surface area contributed by atoms with Gasteiger partial charge in [-0.15, -0.1) is 0 Å². The standard InChI is InChI=1S/C22H26N2O6/c1-3-29-19(26)13-17(22(28)30-4-2)20(21(23)27)24-18(25)12-14-9-10-15-7-5-6-8-16(15)11-14/h5-11,17,20H,3-4,12-13H2,1-2H3,(H2,23,27)(H,24,25)/t17-,20-/m0/s1. The molecular weight excluding hydrogens is 388 g/mol. The maximum atomic E-state index is 12.6. The van der Waals surface area contributed by atoms with Gasteiger partial charge in [-0.25, -0.2) is 0 Å². The first kappa shape index (κ1) is 22.9. The van der Waals surface area contributed by atoms with Crippen LogP contribution < -0.4 is 11.1 Å². The summed E-state index contributed by atoms with van der Waals surface area (Å²) in [6.07, 6.45) is -0.458. The molecular formula is C22H26N2O6. The van der Waals surface area contributed by atoms with Crippen LogP contribution in [0.15, 0.2) is 42.5 Å². The summed E-state index contributed by atoms with van der Waals surface area (Å²) in [6, 6.07) is 11.9. The van der Waals surface area contributed by atoms with Crippen LogP contribution in [0, 0.1) is 5.92 Å². The third-order valence-corrected chi connectivity index (χ3v) is 4.49. The van der Waals surface area contributed by atoms with Gasteiger partial charge in [0.25, 0.3) is 0 Å². The molecule has 0 radical (unpaired) electrons. The molecule has 0 saturated heterocycles. The number of carbonyl (C=O) groups is 4. The summed E-state index contributed by atoms with van der Waals surface area (Å²) in [5.74, 6) is -4.22. The highest BCUT2D eigenvalue weighted by Gasteiger charge is 2.37. The monoisotopic (exact) mass is 414 g/mol. The van der Waals surface area contributed by atoms with Gasteiger partial charge in [0.15, 0.2) is 0 Å². The van der Waals surface area contributed by atoms with E-state index in [0.29, 0.717) is 0 Å². The van der Waals surface area contributed by atoms with Crippen LogP contribution in [0.5, 0.6) is 0 Å². The lowest BCUT2D eigenvalue weighted by molar-refractivity contribution is -0.157. The number of esters is 2. The van der Waals surface area contributed by atoms with Gasteiger partial charge in [-0.2, -0.15) is 0 Å². The van der Waals surface area contributed by atoms with Crippen molar-refractivity contribution < 1.29 is 28.7 Å². The SMILES string of the molecule is CCOC(=O)C[C@H](C(=O)OCC)[C@H](NC(=O)Cc1ccc2ccccc2c1)C(N)=O. The minimum atomic E-state index is -1.40. The van der Waals surface area contributed by atoms with Crippen LogP contribution in [-0.2, 0) is 35.1 Å². The molecule has 8 heteroatoms. The molecule has 2 aromatic rings. The number of benzene rings is 2. The van der Waals surface area contributed by atoms with Gasteiger partial charge in [-0.05, 0) is 30.2 Å². The van der Waals surface area contributed by atoms with Crippen molar-refractivity contribution in [3.05, 3.63) is 48.0 Å². The highest BCUT2D eigenvalue weighted by atomic mass is 16.5. The number of nitrogens with one attached hydrogen (secondary N) is 1. The second kappa shape index (κ2) is 10.9. The van der Waals surface area contributed by atoms with Crippen molar-refractivity contribution in [2.75, 3.05) is 13.2 Å². The Hall–Kier alpha value is -3.42. The van der Waals surface area contributed by atoms with Gasteiger partial charge in [0.1, 0.15) is 6.04 Å². The van der Waals surface area contributed by atoms with Crippen LogP contribution in [0.4, 0.5) is 0 Å². The van der Waals surface area contributed by atoms with Crippen molar-refractivity contribution in [1.82, 2.24) is 5.32 Å². The average molecular weight is 414 g/mol. The van der Waals surface area contributed by atoms with Gasteiger partial charge in [0.2, 0.25) is 11.8 Å². The van der Waals surface area contributed by atoms with Gasteiger partial charge >= 0.3 is 11.9 Å². The Balaban J connectivity index is 2.16. The van der Waals surface area contributed by atoms with E-state index in [1.54, 1.807) is 13.8 Å². The molecule has 2 aromatic carbocycles. The predicted molar refractivity (Wildman–Crippen MR) is 110 cm³/mol. The Kier molecular flexibility index (Phi) is 8.34. The fraction of sp³-hybridized carbons (Fsp3) is 0.364. The largest absolute Gasteiger partial charge is 0.466 e. The number of ether oxygens (including phenoxy) is 2. The van der Waals surface area contributed by atoms with Crippen molar-refractivity contribution in [1.29, 1.82) is 0 Å². The first-order chi connectivity index (χ1) is 14.3. The van der Waals surface area contributed by atoms with E-state index in [2.05, 4.69) is 5.32 Å². The van der Waals surface area contributed by atoms with E-state index in [1.165, 1.54) is 0 Å². The first-order valence-electron chi connectivity index (χ1n) is 9.74. The highest BCUT2D eigenvalue weighted by Crippen LogP contribution is 2.17. The maximum absolute atomic E-state index is 12.6. The van der Waals surface area contributed by atoms with Gasteiger partial charge in [0, 0.05) is 0 Å². The summed E-state index contributed by atoms with van der Waals surface area (Å²) in [4.78, 5) is 48.8. The van der Waals surface area contributed by atoms with E-state index < -0.39 is 42.1 Å². The molecule has 2 amide bonds. The van der Waals surface area contributed by atoms with Crippen LogP contribution in [-0.4, -0.2) is 43.0 Å². The molecule has 2 rings (SSSR count). The minimum Gasteiger partial charge on any atom is -0.466 e. The molecule has 3 N–H and O–H groups in total. The smallest absolute Gasteiger partial charge is 0.312 e. The lowest BCUT2D eigenvalue weighted by Gasteiger charge is -2.23. The number of carbonyl (C=O) groups excluding carboxylic acids is 4. The molecule has 0 aliphatic carbocycles. The van der Waals surface area contributed by atoms with E-state index in [1.807, 2.05) is 42.5 Å². The molecule has 8 nitrogen and oxygen atoms in total. The first-order valence-corrected chi connectivity index (χ1v) is 9.74. The van der Waals surface area contributed by atoms with Gasteiger partial charge in [0.05, 0.1) is 32.0 Å². The van der Waals surface area contributed by atoms with E-state index in [0.717, 1.165) is 16.3 Å². The van der Waals surface area contributed by atoms with E-state index in [-0.39, 0.29) is 19.6 Å². The van der Waals surface area contributed by atoms with Crippen molar-refractivity contribution in [2.45, 2.75) is 32.7 Å². The third kappa shape index (κ3) is 6.30. The fourth-order valence-electron chi connectivity index (χ4n) is 3.11. The van der Waals surface area contributed by atoms with Crippen LogP contribution >= 0.6 is 0 Å². The number of primary amides is 1. The molecule has 0 aliphatic heterocycles. The normalized spacial score (nSPS) is 12.6. The zero-order valence-electron chi connectivity index (χ0n) is 17.1. The molecule has 160 valence electrons. The van der Waals surface area contributed by atoms with Crippen LogP contribution in [0.25, 0.3) is 10.8 Å². The molecule has 0 aromatic heterocycles. The summed E-state index contributed by atoms with van der Waals surface area (Å²) in [7, 11) is 0. The summed E-state index contributed by atoms with van der Waals surface area (Å²) >= 11 is 0. The molecule has 0 bridgehead atoms. The van der Waals surface area contributed by atoms with Crippen molar-refractivity contribution in [3.63, 3.8) is 0 Å². The van der Waals surface area contributed by atoms with Gasteiger partial charge in [-0.1, -0.05) is 42.5 Å². The topological polar surface area (TPSA) is 125 Å². The summed E-state index contributed by atoms with van der Waals surface area (Å²) in [6.45, 7) is 3.38. The molecule has 0 aliphatic rings. The Bertz CT molecular complexity index is 927. The van der Waals surface area contributed by atoms with E-state index in [4.69, 9.17) is 15.2 Å². The van der Waals surface area contributed by atoms with Crippen molar-refractivity contribution in [3.8, 4) is 0 Å². The molecule has 0 saturated carbocycles. The zero-order chi connectivity index (χ0) is 22.1. The Morgan fingerprint density at radius 2 is 1.63 bits per heavy atom. The number of hydrogen-bond donors (Lipinski definition) is 2. The number of nitrogens with two attached hydrogens (primary N) is 1. The van der Waals surface area contributed by atoms with Crippen molar-refractivity contribution >= 4 is 34.5 Å². The lowest BCUT2D eigenvalue weighted by Crippen LogP contribution is -2.52. The van der Waals surface area contributed by atoms with Gasteiger partial charge < -0.3 is 20.5 Å². The molecule has 30 heavy (non-hydrogen) atoms. The minimum absolute atomic E-state index is 0.0242. The molecule has 2 atom stereocenters. The zero-order valence-corrected chi connectivity index (χ0v) is 17.1. The summed E-state index contributed by atoms with van der Waals surface area (Å²) in [5, 5.41) is 4.49. The number of rotatable bonds is 10. The Morgan fingerprint density at radius 1 is 0.967 bits per heavy atom. The van der Waals surface area contributed by atoms with Crippen LogP contribution in [0.2, 0.25) is 0 Å². The second-order valence-corrected chi connectivity index (χ2v) is 6.67. The molecule has 0 spiro atoms. The maximum Gasteiger partial charge on any atom is 0.312 e. The molecule has 0 heterocycles. The Morgan fingerprint density at radius 3 is 2.27 bits per heavy atom. The number of amides is 2. The van der Waals surface area contributed by atoms with E-state index in [9.17, 15) is 19.2 Å². The quantitative estimate of drug-likeness (QED) is 0.568. The fourth-order valence-corrected chi connectivity index (χ4v) is 3.11. The van der Waals surface area contributed by atoms with Crippen LogP contribution in [0.1, 0.15) is 25.8 Å². The Labute approximate surface area is 174 Å². The second-order valence-electron chi connectivity index (χ2n) is 6.67. The summed E-state index contributed by atoms with van der Waals surface area (Å²) in [5.41, 5.74) is 6.15. The third-order valence-electron chi connectivity index (χ3n) is 4.49. The summed E-state index contributed by atoms with van der Waals surface area (Å²) < 4.78 is 9.82. The van der Waals surface area contributed by atoms with E-state index >= 15 is 0 Å². The lowest BCUT2D eigenvalue weighted by atomic mass is 9.95. The highest BCUT2D eigenvalue weighted by molar-refractivity contribution is 5.93. The van der Waals surface area contributed by atoms with Gasteiger partial charge in [-0.3, -0.25) is 19.2 Å². The molecule has 0 fully saturated rings.